The van der Waals surface area contributed by atoms with Gasteiger partial charge in [-0.05, 0) is 23.3 Å². The van der Waals surface area contributed by atoms with Crippen molar-refractivity contribution in [3.63, 3.8) is 0 Å². The molecule has 2 saturated heterocycles. The highest BCUT2D eigenvalue weighted by Gasteiger charge is 2.26. The van der Waals surface area contributed by atoms with Crippen molar-refractivity contribution < 1.29 is 19.1 Å². The van der Waals surface area contributed by atoms with Gasteiger partial charge in [0.2, 0.25) is 0 Å². The SMILES string of the molecule is O=C(NCc1cccc(N2CCOC2=O)c1)N1CCO[C@H](c2ccccc2)C1. The number of carbonyl (C=O) groups is 2. The van der Waals surface area contributed by atoms with E-state index < -0.39 is 0 Å². The molecule has 0 unspecified atom stereocenters. The van der Waals surface area contributed by atoms with Crippen LogP contribution in [-0.2, 0) is 16.0 Å². The number of rotatable bonds is 4. The maximum absolute atomic E-state index is 12.6. The van der Waals surface area contributed by atoms with Crippen molar-refractivity contribution >= 4 is 17.8 Å². The quantitative estimate of drug-likeness (QED) is 0.884. The Labute approximate surface area is 163 Å². The summed E-state index contributed by atoms with van der Waals surface area (Å²) in [7, 11) is 0. The number of nitrogens with zero attached hydrogens (tertiary/aromatic N) is 2. The van der Waals surface area contributed by atoms with Crippen LogP contribution < -0.4 is 10.2 Å². The molecule has 0 bridgehead atoms. The van der Waals surface area contributed by atoms with Gasteiger partial charge in [-0.1, -0.05) is 42.5 Å². The molecule has 4 rings (SSSR count). The van der Waals surface area contributed by atoms with Gasteiger partial charge in [0.05, 0.1) is 19.7 Å². The Balaban J connectivity index is 1.35. The van der Waals surface area contributed by atoms with E-state index in [0.717, 1.165) is 16.8 Å². The van der Waals surface area contributed by atoms with E-state index >= 15 is 0 Å². The minimum absolute atomic E-state index is 0.106. The molecule has 0 saturated carbocycles. The van der Waals surface area contributed by atoms with Crippen LogP contribution >= 0.6 is 0 Å². The van der Waals surface area contributed by atoms with Gasteiger partial charge in [-0.3, -0.25) is 4.90 Å². The van der Waals surface area contributed by atoms with Gasteiger partial charge in [-0.2, -0.15) is 0 Å². The normalized spacial score (nSPS) is 19.4. The Morgan fingerprint density at radius 1 is 1.07 bits per heavy atom. The van der Waals surface area contributed by atoms with Crippen molar-refractivity contribution in [2.75, 3.05) is 37.7 Å². The standard InChI is InChI=1S/C21H23N3O4/c25-20(23-9-11-27-19(15-23)17-6-2-1-3-7-17)22-14-16-5-4-8-18(13-16)24-10-12-28-21(24)26/h1-8,13,19H,9-12,14-15H2,(H,22,25)/t19-/m0/s1. The molecule has 2 aliphatic rings. The molecular formula is C21H23N3O4. The summed E-state index contributed by atoms with van der Waals surface area (Å²) >= 11 is 0. The molecule has 0 aromatic heterocycles. The molecule has 0 aliphatic carbocycles. The zero-order chi connectivity index (χ0) is 19.3. The summed E-state index contributed by atoms with van der Waals surface area (Å²) in [5.41, 5.74) is 2.79. The maximum atomic E-state index is 12.6. The van der Waals surface area contributed by atoms with Crippen molar-refractivity contribution in [2.24, 2.45) is 0 Å². The zero-order valence-corrected chi connectivity index (χ0v) is 15.5. The van der Waals surface area contributed by atoms with Crippen molar-refractivity contribution in [1.82, 2.24) is 10.2 Å². The Bertz CT molecular complexity index is 843. The number of benzene rings is 2. The van der Waals surface area contributed by atoms with Gasteiger partial charge in [0.1, 0.15) is 12.7 Å². The monoisotopic (exact) mass is 381 g/mol. The van der Waals surface area contributed by atoms with Crippen LogP contribution in [0.1, 0.15) is 17.2 Å². The van der Waals surface area contributed by atoms with Crippen LogP contribution in [0.5, 0.6) is 0 Å². The van der Waals surface area contributed by atoms with E-state index in [0.29, 0.717) is 39.4 Å². The highest BCUT2D eigenvalue weighted by Crippen LogP contribution is 2.22. The summed E-state index contributed by atoms with van der Waals surface area (Å²) < 4.78 is 10.8. The van der Waals surface area contributed by atoms with Gasteiger partial charge in [-0.25, -0.2) is 9.59 Å². The minimum Gasteiger partial charge on any atom is -0.447 e. The number of ether oxygens (including phenoxy) is 2. The largest absolute Gasteiger partial charge is 0.447 e. The van der Waals surface area contributed by atoms with Gasteiger partial charge in [0, 0.05) is 18.8 Å². The molecule has 2 aliphatic heterocycles. The fourth-order valence-corrected chi connectivity index (χ4v) is 3.45. The Hall–Kier alpha value is -3.06. The van der Waals surface area contributed by atoms with E-state index in [-0.39, 0.29) is 18.2 Å². The second kappa shape index (κ2) is 8.31. The van der Waals surface area contributed by atoms with Crippen LogP contribution in [0.25, 0.3) is 0 Å². The average Bonchev–Trinajstić information content (AvgIpc) is 3.19. The van der Waals surface area contributed by atoms with E-state index in [1.165, 1.54) is 0 Å². The third-order valence-corrected chi connectivity index (χ3v) is 4.95. The average molecular weight is 381 g/mol. The van der Waals surface area contributed by atoms with Crippen molar-refractivity contribution in [3.05, 3.63) is 65.7 Å². The van der Waals surface area contributed by atoms with E-state index in [1.807, 2.05) is 54.6 Å². The zero-order valence-electron chi connectivity index (χ0n) is 15.5. The van der Waals surface area contributed by atoms with Crippen LogP contribution in [0, 0.1) is 0 Å². The van der Waals surface area contributed by atoms with Gasteiger partial charge in [0.15, 0.2) is 0 Å². The molecule has 2 fully saturated rings. The van der Waals surface area contributed by atoms with Gasteiger partial charge >= 0.3 is 12.1 Å². The number of cyclic esters (lactones) is 1. The first kappa shape index (κ1) is 18.3. The lowest BCUT2D eigenvalue weighted by Crippen LogP contribution is -2.46. The first-order valence-electron chi connectivity index (χ1n) is 9.43. The number of carbonyl (C=O) groups excluding carboxylic acids is 2. The van der Waals surface area contributed by atoms with Crippen molar-refractivity contribution in [3.8, 4) is 0 Å². The Morgan fingerprint density at radius 2 is 1.93 bits per heavy atom. The molecule has 2 aromatic carbocycles. The van der Waals surface area contributed by atoms with Crippen molar-refractivity contribution in [2.45, 2.75) is 12.6 Å². The molecule has 3 amide bonds. The predicted octanol–water partition coefficient (Wildman–Crippen LogP) is 2.93. The maximum Gasteiger partial charge on any atom is 0.414 e. The van der Waals surface area contributed by atoms with Crippen LogP contribution in [0.15, 0.2) is 54.6 Å². The Kier molecular flexibility index (Phi) is 5.43. The molecule has 2 heterocycles. The molecule has 2 aromatic rings. The van der Waals surface area contributed by atoms with E-state index in [1.54, 1.807) is 9.80 Å². The number of hydrogen-bond donors (Lipinski definition) is 1. The lowest BCUT2D eigenvalue weighted by molar-refractivity contribution is -0.0154. The highest BCUT2D eigenvalue weighted by atomic mass is 16.6. The lowest BCUT2D eigenvalue weighted by atomic mass is 10.1. The fourth-order valence-electron chi connectivity index (χ4n) is 3.45. The second-order valence-corrected chi connectivity index (χ2v) is 6.81. The third kappa shape index (κ3) is 4.09. The minimum atomic E-state index is -0.332. The van der Waals surface area contributed by atoms with E-state index in [9.17, 15) is 9.59 Å². The summed E-state index contributed by atoms with van der Waals surface area (Å²) in [6.07, 6.45) is -0.438. The van der Waals surface area contributed by atoms with Crippen LogP contribution in [0.2, 0.25) is 0 Å². The number of anilines is 1. The van der Waals surface area contributed by atoms with Crippen LogP contribution in [0.4, 0.5) is 15.3 Å². The molecule has 7 heteroatoms. The third-order valence-electron chi connectivity index (χ3n) is 4.95. The molecule has 7 nitrogen and oxygen atoms in total. The molecule has 0 spiro atoms. The molecule has 146 valence electrons. The first-order valence-corrected chi connectivity index (χ1v) is 9.43. The number of amides is 3. The van der Waals surface area contributed by atoms with Gasteiger partial charge in [-0.15, -0.1) is 0 Å². The molecule has 28 heavy (non-hydrogen) atoms. The smallest absolute Gasteiger partial charge is 0.414 e. The summed E-state index contributed by atoms with van der Waals surface area (Å²) in [5, 5.41) is 2.97. The van der Waals surface area contributed by atoms with Gasteiger partial charge in [0.25, 0.3) is 0 Å². The molecular weight excluding hydrogens is 358 g/mol. The van der Waals surface area contributed by atoms with Crippen molar-refractivity contribution in [1.29, 1.82) is 0 Å². The fraction of sp³-hybridized carbons (Fsp3) is 0.333. The topological polar surface area (TPSA) is 71.1 Å². The van der Waals surface area contributed by atoms with Crippen LogP contribution in [0.3, 0.4) is 0 Å². The summed E-state index contributed by atoms with van der Waals surface area (Å²) in [5.74, 6) is 0. The lowest BCUT2D eigenvalue weighted by Gasteiger charge is -2.33. The number of morpholine rings is 1. The molecule has 0 radical (unpaired) electrons. The van der Waals surface area contributed by atoms with Crippen LogP contribution in [-0.4, -0.2) is 49.9 Å². The number of hydrogen-bond acceptors (Lipinski definition) is 4. The summed E-state index contributed by atoms with van der Waals surface area (Å²) in [6, 6.07) is 17.4. The highest BCUT2D eigenvalue weighted by molar-refractivity contribution is 5.89. The predicted molar refractivity (Wildman–Crippen MR) is 104 cm³/mol. The summed E-state index contributed by atoms with van der Waals surface area (Å²) in [6.45, 7) is 2.94. The first-order chi connectivity index (χ1) is 13.7. The van der Waals surface area contributed by atoms with E-state index in [4.69, 9.17) is 9.47 Å². The Morgan fingerprint density at radius 3 is 2.71 bits per heavy atom. The number of urea groups is 1. The van der Waals surface area contributed by atoms with Gasteiger partial charge < -0.3 is 19.7 Å². The van der Waals surface area contributed by atoms with E-state index in [2.05, 4.69) is 5.32 Å². The summed E-state index contributed by atoms with van der Waals surface area (Å²) in [4.78, 5) is 27.7. The second-order valence-electron chi connectivity index (χ2n) is 6.81. The molecule has 1 atom stereocenters. The number of nitrogens with one attached hydrogen (secondary N) is 1. The molecule has 1 N–H and O–H groups in total.